The lowest BCUT2D eigenvalue weighted by molar-refractivity contribution is 1.19. The van der Waals surface area contributed by atoms with Gasteiger partial charge in [-0.2, -0.15) is 0 Å². The summed E-state index contributed by atoms with van der Waals surface area (Å²) in [5.74, 6) is 0. The van der Waals surface area contributed by atoms with Gasteiger partial charge in [0.25, 0.3) is 0 Å². The number of para-hydroxylation sites is 2. The van der Waals surface area contributed by atoms with Crippen molar-refractivity contribution in [2.75, 3.05) is 0 Å². The van der Waals surface area contributed by atoms with Gasteiger partial charge in [-0.15, -0.1) is 11.3 Å². The highest BCUT2D eigenvalue weighted by Gasteiger charge is 2.24. The van der Waals surface area contributed by atoms with Crippen LogP contribution in [0.4, 0.5) is 0 Å². The number of aromatic nitrogens is 1. The van der Waals surface area contributed by atoms with Crippen LogP contribution in [0.15, 0.2) is 140 Å². The highest BCUT2D eigenvalue weighted by molar-refractivity contribution is 7.26. The van der Waals surface area contributed by atoms with Crippen LogP contribution in [0.1, 0.15) is 0 Å². The molecule has 1 nitrogen and oxygen atoms in total. The molecule has 9 aromatic rings. The van der Waals surface area contributed by atoms with E-state index in [1.165, 1.54) is 91.8 Å². The summed E-state index contributed by atoms with van der Waals surface area (Å²) in [6.45, 7) is 0. The van der Waals surface area contributed by atoms with E-state index in [4.69, 9.17) is 0 Å². The molecule has 0 unspecified atom stereocenters. The van der Waals surface area contributed by atoms with Gasteiger partial charge < -0.3 is 4.57 Å². The maximum Gasteiger partial charge on any atom is 0.0634 e. The predicted molar refractivity (Wildman–Crippen MR) is 181 cm³/mol. The molecule has 42 heavy (non-hydrogen) atoms. The first-order chi connectivity index (χ1) is 20.9. The highest BCUT2D eigenvalue weighted by atomic mass is 32.1. The SMILES string of the molecule is c1ccc2c(c1)-c1cccc3c(-c4ccccc4-n4c5ccccc5c5ccc6sc7ccccc7c6c54)ccc-2c13. The van der Waals surface area contributed by atoms with E-state index in [0.717, 1.165) is 0 Å². The minimum Gasteiger partial charge on any atom is -0.308 e. The van der Waals surface area contributed by atoms with Crippen LogP contribution < -0.4 is 0 Å². The van der Waals surface area contributed by atoms with Gasteiger partial charge in [0.15, 0.2) is 0 Å². The molecule has 0 saturated heterocycles. The maximum atomic E-state index is 2.53. The summed E-state index contributed by atoms with van der Waals surface area (Å²) in [5.41, 5.74) is 11.6. The molecular weight excluding hydrogens is 527 g/mol. The van der Waals surface area contributed by atoms with Gasteiger partial charge in [0.1, 0.15) is 0 Å². The van der Waals surface area contributed by atoms with Crippen LogP contribution in [0.2, 0.25) is 0 Å². The zero-order chi connectivity index (χ0) is 27.4. The number of thiophene rings is 1. The van der Waals surface area contributed by atoms with Crippen molar-refractivity contribution < 1.29 is 0 Å². The molecular formula is C40H23NS. The molecule has 194 valence electrons. The van der Waals surface area contributed by atoms with Crippen LogP contribution in [0.3, 0.4) is 0 Å². The molecule has 2 heteroatoms. The fourth-order valence-electron chi connectivity index (χ4n) is 7.45. The molecule has 1 aliphatic carbocycles. The second-order valence-corrected chi connectivity index (χ2v) is 12.3. The predicted octanol–water partition coefficient (Wildman–Crippen LogP) is 11.6. The van der Waals surface area contributed by atoms with Gasteiger partial charge in [0, 0.05) is 36.5 Å². The molecule has 0 radical (unpaired) electrons. The molecule has 0 bridgehead atoms. The Hall–Kier alpha value is -5.18. The van der Waals surface area contributed by atoms with Crippen LogP contribution >= 0.6 is 11.3 Å². The van der Waals surface area contributed by atoms with Gasteiger partial charge in [-0.25, -0.2) is 0 Å². The van der Waals surface area contributed by atoms with Crippen molar-refractivity contribution in [3.8, 4) is 39.1 Å². The fraction of sp³-hybridized carbons (Fsp3) is 0. The van der Waals surface area contributed by atoms with E-state index in [9.17, 15) is 0 Å². The molecule has 0 amide bonds. The van der Waals surface area contributed by atoms with Gasteiger partial charge in [0.05, 0.1) is 16.7 Å². The third kappa shape index (κ3) is 2.82. The lowest BCUT2D eigenvalue weighted by atomic mass is 9.93. The monoisotopic (exact) mass is 549 g/mol. The number of hydrogen-bond acceptors (Lipinski definition) is 1. The summed E-state index contributed by atoms with van der Waals surface area (Å²) in [7, 11) is 0. The Balaban J connectivity index is 1.35. The molecule has 2 aromatic heterocycles. The molecule has 2 heterocycles. The van der Waals surface area contributed by atoms with Crippen LogP contribution in [-0.2, 0) is 0 Å². The van der Waals surface area contributed by atoms with Crippen molar-refractivity contribution >= 4 is 64.1 Å². The Morgan fingerprint density at radius 2 is 1.00 bits per heavy atom. The minimum absolute atomic E-state index is 1.21. The van der Waals surface area contributed by atoms with E-state index in [-0.39, 0.29) is 0 Å². The first-order valence-corrected chi connectivity index (χ1v) is 15.3. The number of nitrogens with zero attached hydrogens (tertiary/aromatic N) is 1. The summed E-state index contributed by atoms with van der Waals surface area (Å²) < 4.78 is 5.19. The van der Waals surface area contributed by atoms with Gasteiger partial charge >= 0.3 is 0 Å². The highest BCUT2D eigenvalue weighted by Crippen LogP contribution is 2.50. The molecule has 0 atom stereocenters. The maximum absolute atomic E-state index is 2.53. The van der Waals surface area contributed by atoms with Crippen LogP contribution in [0, 0.1) is 0 Å². The summed E-state index contributed by atoms with van der Waals surface area (Å²) in [5, 5.41) is 7.92. The molecule has 0 spiro atoms. The Morgan fingerprint density at radius 1 is 0.357 bits per heavy atom. The van der Waals surface area contributed by atoms with Crippen molar-refractivity contribution in [3.63, 3.8) is 0 Å². The third-order valence-corrected chi connectivity index (χ3v) is 10.3. The standard InChI is InChI=1S/C40H23NS/c1-2-11-25-24(10-1)29-15-9-16-30-26(20-21-31(25)38(29)30)27-12-3-6-17-34(27)41-35-18-7-4-13-28(35)32-22-23-37-39(40(32)41)33-14-5-8-19-36(33)42-37/h1-23H. The van der Waals surface area contributed by atoms with Crippen molar-refractivity contribution in [1.29, 1.82) is 0 Å². The van der Waals surface area contributed by atoms with Gasteiger partial charge in [-0.05, 0) is 62.9 Å². The largest absolute Gasteiger partial charge is 0.308 e. The molecule has 10 rings (SSSR count). The first kappa shape index (κ1) is 22.5. The zero-order valence-electron chi connectivity index (χ0n) is 22.6. The van der Waals surface area contributed by atoms with Crippen molar-refractivity contribution in [2.45, 2.75) is 0 Å². The van der Waals surface area contributed by atoms with E-state index < -0.39 is 0 Å². The summed E-state index contributed by atoms with van der Waals surface area (Å²) in [6.07, 6.45) is 0. The number of benzene rings is 7. The average Bonchev–Trinajstić information content (AvgIpc) is 3.70. The second-order valence-electron chi connectivity index (χ2n) is 11.2. The molecule has 0 N–H and O–H groups in total. The Morgan fingerprint density at radius 3 is 1.88 bits per heavy atom. The normalized spacial score (nSPS) is 12.3. The number of fused-ring (bicyclic) bond motifs is 10. The Bertz CT molecular complexity index is 2550. The quantitative estimate of drug-likeness (QED) is 0.202. The number of hydrogen-bond donors (Lipinski definition) is 0. The van der Waals surface area contributed by atoms with E-state index in [0.29, 0.717) is 0 Å². The smallest absolute Gasteiger partial charge is 0.0634 e. The summed E-state index contributed by atoms with van der Waals surface area (Å²) in [4.78, 5) is 0. The van der Waals surface area contributed by atoms with Gasteiger partial charge in [-0.1, -0.05) is 115 Å². The summed E-state index contributed by atoms with van der Waals surface area (Å²) in [6, 6.07) is 51.6. The van der Waals surface area contributed by atoms with E-state index >= 15 is 0 Å². The molecule has 0 saturated carbocycles. The lowest BCUT2D eigenvalue weighted by Crippen LogP contribution is -1.98. The topological polar surface area (TPSA) is 4.93 Å². The summed E-state index contributed by atoms with van der Waals surface area (Å²) >= 11 is 1.88. The van der Waals surface area contributed by atoms with Crippen molar-refractivity contribution in [2.24, 2.45) is 0 Å². The van der Waals surface area contributed by atoms with Gasteiger partial charge in [0.2, 0.25) is 0 Å². The molecule has 0 aliphatic heterocycles. The van der Waals surface area contributed by atoms with Gasteiger partial charge in [-0.3, -0.25) is 0 Å². The molecule has 7 aromatic carbocycles. The second kappa shape index (κ2) is 8.19. The zero-order valence-corrected chi connectivity index (χ0v) is 23.5. The van der Waals surface area contributed by atoms with Crippen molar-refractivity contribution in [3.05, 3.63) is 140 Å². The van der Waals surface area contributed by atoms with Crippen LogP contribution in [0.25, 0.3) is 91.8 Å². The van der Waals surface area contributed by atoms with Crippen LogP contribution in [-0.4, -0.2) is 4.57 Å². The van der Waals surface area contributed by atoms with Crippen molar-refractivity contribution in [1.82, 2.24) is 4.57 Å². The lowest BCUT2D eigenvalue weighted by Gasteiger charge is -2.17. The molecule has 1 aliphatic rings. The van der Waals surface area contributed by atoms with E-state index in [1.54, 1.807) is 0 Å². The fourth-order valence-corrected chi connectivity index (χ4v) is 8.56. The number of rotatable bonds is 2. The first-order valence-electron chi connectivity index (χ1n) is 14.5. The molecule has 0 fully saturated rings. The van der Waals surface area contributed by atoms with E-state index in [1.807, 2.05) is 11.3 Å². The minimum atomic E-state index is 1.21. The Labute approximate surface area is 246 Å². The van der Waals surface area contributed by atoms with E-state index in [2.05, 4.69) is 144 Å². The Kier molecular flexibility index (Phi) is 4.39. The third-order valence-electron chi connectivity index (χ3n) is 9.16. The van der Waals surface area contributed by atoms with Crippen LogP contribution in [0.5, 0.6) is 0 Å². The average molecular weight is 550 g/mol.